The van der Waals surface area contributed by atoms with Gasteiger partial charge in [0.2, 0.25) is 0 Å². The van der Waals surface area contributed by atoms with Crippen LogP contribution in [0.1, 0.15) is 24.5 Å². The van der Waals surface area contributed by atoms with Crippen LogP contribution in [0.15, 0.2) is 17.0 Å². The van der Waals surface area contributed by atoms with E-state index in [1.807, 2.05) is 11.8 Å². The molecule has 1 aromatic rings. The van der Waals surface area contributed by atoms with Crippen LogP contribution in [0.2, 0.25) is 0 Å². The van der Waals surface area contributed by atoms with Crippen LogP contribution in [0, 0.1) is 13.8 Å². The summed E-state index contributed by atoms with van der Waals surface area (Å²) < 4.78 is 0. The number of carbonyl (C=O) groups is 1. The number of carboxylic acids is 1. The van der Waals surface area contributed by atoms with Gasteiger partial charge < -0.3 is 10.0 Å². The first kappa shape index (κ1) is 13.3. The van der Waals surface area contributed by atoms with Gasteiger partial charge in [-0.3, -0.25) is 4.79 Å². The van der Waals surface area contributed by atoms with E-state index in [-0.39, 0.29) is 6.42 Å². The summed E-state index contributed by atoms with van der Waals surface area (Å²) in [6.07, 6.45) is 0.196. The van der Waals surface area contributed by atoms with Gasteiger partial charge in [0.1, 0.15) is 0 Å². The third kappa shape index (κ3) is 2.48. The number of fused-ring (bicyclic) bond motifs is 1. The Bertz CT molecular complexity index is 473. The minimum absolute atomic E-state index is 0.196. The molecule has 1 unspecified atom stereocenters. The van der Waals surface area contributed by atoms with Crippen LogP contribution in [-0.4, -0.2) is 29.4 Å². The maximum atomic E-state index is 10.8. The molecule has 0 saturated heterocycles. The molecule has 0 saturated carbocycles. The van der Waals surface area contributed by atoms with E-state index in [2.05, 4.69) is 37.8 Å². The summed E-state index contributed by atoms with van der Waals surface area (Å²) in [4.78, 5) is 14.3. The standard InChI is InChI=1S/C14H19NO2S/c1-9-4-5-12-14(11(9)3)15(7-6-13(16)17)10(2)8-18-12/h4-5,10H,6-8H2,1-3H3,(H,16,17). The van der Waals surface area contributed by atoms with Gasteiger partial charge in [-0.1, -0.05) is 6.07 Å². The third-order valence-electron chi connectivity index (χ3n) is 3.53. The molecule has 0 aliphatic carbocycles. The second-order valence-corrected chi connectivity index (χ2v) is 5.91. The summed E-state index contributed by atoms with van der Waals surface area (Å²) in [5.41, 5.74) is 3.78. The zero-order valence-corrected chi connectivity index (χ0v) is 11.9. The predicted octanol–water partition coefficient (Wildman–Crippen LogP) is 3.08. The van der Waals surface area contributed by atoms with E-state index >= 15 is 0 Å². The first-order valence-electron chi connectivity index (χ1n) is 6.22. The molecule has 0 bridgehead atoms. The zero-order valence-electron chi connectivity index (χ0n) is 11.1. The fourth-order valence-electron chi connectivity index (χ4n) is 2.32. The van der Waals surface area contributed by atoms with Gasteiger partial charge >= 0.3 is 5.97 Å². The third-order valence-corrected chi connectivity index (χ3v) is 4.82. The predicted molar refractivity (Wildman–Crippen MR) is 75.7 cm³/mol. The molecule has 1 atom stereocenters. The SMILES string of the molecule is Cc1ccc2c(c1C)N(CCC(=O)O)C(C)CS2. The highest BCUT2D eigenvalue weighted by Gasteiger charge is 2.25. The molecule has 1 N–H and O–H groups in total. The molecule has 4 heteroatoms. The minimum atomic E-state index is -0.729. The van der Waals surface area contributed by atoms with Crippen LogP contribution >= 0.6 is 11.8 Å². The van der Waals surface area contributed by atoms with Crippen molar-refractivity contribution in [2.75, 3.05) is 17.2 Å². The van der Waals surface area contributed by atoms with Crippen molar-refractivity contribution in [3.8, 4) is 0 Å². The van der Waals surface area contributed by atoms with E-state index in [1.54, 1.807) is 0 Å². The normalized spacial score (nSPS) is 18.6. The molecule has 0 radical (unpaired) electrons. The van der Waals surface area contributed by atoms with E-state index in [1.165, 1.54) is 21.7 Å². The maximum absolute atomic E-state index is 10.8. The lowest BCUT2D eigenvalue weighted by molar-refractivity contribution is -0.136. The van der Waals surface area contributed by atoms with Gasteiger partial charge in [0, 0.05) is 23.2 Å². The average Bonchev–Trinajstić information content (AvgIpc) is 2.32. The number of aliphatic carboxylic acids is 1. The van der Waals surface area contributed by atoms with Crippen LogP contribution in [0.4, 0.5) is 5.69 Å². The van der Waals surface area contributed by atoms with E-state index in [9.17, 15) is 4.79 Å². The van der Waals surface area contributed by atoms with Crippen molar-refractivity contribution >= 4 is 23.4 Å². The molecule has 0 fully saturated rings. The van der Waals surface area contributed by atoms with E-state index in [0.29, 0.717) is 12.6 Å². The van der Waals surface area contributed by atoms with Gasteiger partial charge in [-0.05, 0) is 38.0 Å². The van der Waals surface area contributed by atoms with Crippen molar-refractivity contribution in [2.24, 2.45) is 0 Å². The van der Waals surface area contributed by atoms with Crippen LogP contribution < -0.4 is 4.90 Å². The number of anilines is 1. The molecule has 0 amide bonds. The number of rotatable bonds is 3. The lowest BCUT2D eigenvalue weighted by Gasteiger charge is -2.38. The van der Waals surface area contributed by atoms with Crippen molar-refractivity contribution in [3.63, 3.8) is 0 Å². The molecule has 98 valence electrons. The van der Waals surface area contributed by atoms with E-state index < -0.39 is 5.97 Å². The summed E-state index contributed by atoms with van der Waals surface area (Å²) in [6, 6.07) is 4.69. The van der Waals surface area contributed by atoms with Crippen molar-refractivity contribution in [2.45, 2.75) is 38.1 Å². The molecule has 18 heavy (non-hydrogen) atoms. The summed E-state index contributed by atoms with van der Waals surface area (Å²) in [7, 11) is 0. The Kier molecular flexibility index (Phi) is 3.85. The van der Waals surface area contributed by atoms with Gasteiger partial charge in [0.05, 0.1) is 12.1 Å². The Morgan fingerprint density at radius 1 is 1.50 bits per heavy atom. The van der Waals surface area contributed by atoms with Crippen LogP contribution in [0.25, 0.3) is 0 Å². The van der Waals surface area contributed by atoms with Gasteiger partial charge in [0.15, 0.2) is 0 Å². The minimum Gasteiger partial charge on any atom is -0.481 e. The first-order chi connectivity index (χ1) is 8.50. The van der Waals surface area contributed by atoms with Crippen molar-refractivity contribution in [1.82, 2.24) is 0 Å². The van der Waals surface area contributed by atoms with Crippen LogP contribution in [-0.2, 0) is 4.79 Å². The fourth-order valence-corrected chi connectivity index (χ4v) is 3.49. The van der Waals surface area contributed by atoms with Gasteiger partial charge in [-0.25, -0.2) is 0 Å². The zero-order chi connectivity index (χ0) is 13.3. The Morgan fingerprint density at radius 2 is 2.22 bits per heavy atom. The topological polar surface area (TPSA) is 40.5 Å². The fraction of sp³-hybridized carbons (Fsp3) is 0.500. The Balaban J connectivity index is 2.36. The largest absolute Gasteiger partial charge is 0.481 e. The molecule has 1 heterocycles. The highest BCUT2D eigenvalue weighted by molar-refractivity contribution is 7.99. The second-order valence-electron chi connectivity index (χ2n) is 4.85. The number of thioether (sulfide) groups is 1. The number of aryl methyl sites for hydroxylation is 1. The summed E-state index contributed by atoms with van der Waals surface area (Å²) >= 11 is 1.87. The first-order valence-corrected chi connectivity index (χ1v) is 7.20. The quantitative estimate of drug-likeness (QED) is 0.912. The molecular weight excluding hydrogens is 246 g/mol. The molecular formula is C14H19NO2S. The number of hydrogen-bond acceptors (Lipinski definition) is 3. The van der Waals surface area contributed by atoms with Crippen molar-refractivity contribution < 1.29 is 9.90 Å². The van der Waals surface area contributed by atoms with Gasteiger partial charge in [0.25, 0.3) is 0 Å². The van der Waals surface area contributed by atoms with E-state index in [0.717, 1.165) is 5.75 Å². The summed E-state index contributed by atoms with van der Waals surface area (Å²) in [6.45, 7) is 6.99. The van der Waals surface area contributed by atoms with Crippen molar-refractivity contribution in [1.29, 1.82) is 0 Å². The van der Waals surface area contributed by atoms with Crippen molar-refractivity contribution in [3.05, 3.63) is 23.3 Å². The molecule has 1 aromatic carbocycles. The lowest BCUT2D eigenvalue weighted by Crippen LogP contribution is -2.39. The lowest BCUT2D eigenvalue weighted by atomic mass is 10.1. The monoisotopic (exact) mass is 265 g/mol. The molecule has 2 rings (SSSR count). The highest BCUT2D eigenvalue weighted by atomic mass is 32.2. The summed E-state index contributed by atoms with van der Waals surface area (Å²) in [5.74, 6) is 0.294. The second kappa shape index (κ2) is 5.22. The molecule has 0 spiro atoms. The van der Waals surface area contributed by atoms with Crippen LogP contribution in [0.3, 0.4) is 0 Å². The van der Waals surface area contributed by atoms with E-state index in [4.69, 9.17) is 5.11 Å². The number of hydrogen-bond donors (Lipinski definition) is 1. The number of carboxylic acid groups (broad SMARTS) is 1. The Hall–Kier alpha value is -1.16. The van der Waals surface area contributed by atoms with Crippen LogP contribution in [0.5, 0.6) is 0 Å². The molecule has 1 aliphatic heterocycles. The Labute approximate surface area is 112 Å². The smallest absolute Gasteiger partial charge is 0.305 e. The average molecular weight is 265 g/mol. The highest BCUT2D eigenvalue weighted by Crippen LogP contribution is 2.40. The number of benzene rings is 1. The maximum Gasteiger partial charge on any atom is 0.305 e. The molecule has 0 aromatic heterocycles. The van der Waals surface area contributed by atoms with Gasteiger partial charge in [-0.2, -0.15) is 0 Å². The Morgan fingerprint density at radius 3 is 2.89 bits per heavy atom. The van der Waals surface area contributed by atoms with Gasteiger partial charge in [-0.15, -0.1) is 11.8 Å². The molecule has 1 aliphatic rings. The summed E-state index contributed by atoms with van der Waals surface area (Å²) in [5, 5.41) is 8.87. The number of nitrogens with zero attached hydrogens (tertiary/aromatic N) is 1. The molecule has 3 nitrogen and oxygen atoms in total.